The molecule has 0 aromatic carbocycles. The summed E-state index contributed by atoms with van der Waals surface area (Å²) in [5.41, 5.74) is 1.32. The SMILES string of the molecule is C#CCOC(=O)[C@]12CC[C@@H](C)[C@H](C)[C@H]1C1=CC[C@@H]3[C@@]4(C)CCC(=O)C(C)(C)[C@@H]4CC[C@@]3(C)[C@]1(C)CC2. The van der Waals surface area contributed by atoms with Gasteiger partial charge in [0.05, 0.1) is 5.41 Å². The number of terminal acetylenes is 1. The third-order valence-electron chi connectivity index (χ3n) is 13.4. The maximum absolute atomic E-state index is 13.7. The van der Waals surface area contributed by atoms with E-state index >= 15 is 0 Å². The number of carbonyl (C=O) groups is 2. The van der Waals surface area contributed by atoms with Crippen LogP contribution < -0.4 is 0 Å². The number of carbonyl (C=O) groups excluding carboxylic acids is 2. The molecule has 9 atom stereocenters. The van der Waals surface area contributed by atoms with Gasteiger partial charge in [-0.25, -0.2) is 0 Å². The van der Waals surface area contributed by atoms with Crippen molar-refractivity contribution in [1.82, 2.24) is 0 Å². The van der Waals surface area contributed by atoms with Crippen LogP contribution in [0.15, 0.2) is 11.6 Å². The van der Waals surface area contributed by atoms with Crippen LogP contribution in [0, 0.1) is 69.0 Å². The maximum Gasteiger partial charge on any atom is 0.313 e. The van der Waals surface area contributed by atoms with Crippen molar-refractivity contribution in [3.63, 3.8) is 0 Å². The van der Waals surface area contributed by atoms with Crippen molar-refractivity contribution >= 4 is 11.8 Å². The molecule has 3 nitrogen and oxygen atoms in total. The number of ketones is 1. The third kappa shape index (κ3) is 3.12. The van der Waals surface area contributed by atoms with Gasteiger partial charge < -0.3 is 4.74 Å². The van der Waals surface area contributed by atoms with E-state index in [1.165, 1.54) is 6.42 Å². The molecule has 0 spiro atoms. The zero-order chi connectivity index (χ0) is 26.3. The minimum Gasteiger partial charge on any atom is -0.452 e. The zero-order valence-electron chi connectivity index (χ0n) is 23.8. The van der Waals surface area contributed by atoms with Gasteiger partial charge in [-0.1, -0.05) is 66.0 Å². The molecule has 0 bridgehead atoms. The molecule has 5 aliphatic carbocycles. The molecule has 36 heavy (non-hydrogen) atoms. The first-order chi connectivity index (χ1) is 16.8. The van der Waals surface area contributed by atoms with E-state index in [4.69, 9.17) is 11.2 Å². The van der Waals surface area contributed by atoms with E-state index in [0.29, 0.717) is 29.5 Å². The minimum absolute atomic E-state index is 0.0531. The van der Waals surface area contributed by atoms with Crippen LogP contribution in [0.2, 0.25) is 0 Å². The second kappa shape index (κ2) is 8.22. The summed E-state index contributed by atoms with van der Waals surface area (Å²) < 4.78 is 5.70. The lowest BCUT2D eigenvalue weighted by Gasteiger charge is -2.70. The number of Topliss-reactive ketones (excluding diaryl/α,β-unsaturated/α-hetero) is 1. The molecule has 0 unspecified atom stereocenters. The van der Waals surface area contributed by atoms with Crippen LogP contribution in [0.1, 0.15) is 106 Å². The number of fused-ring (bicyclic) bond motifs is 7. The van der Waals surface area contributed by atoms with Crippen LogP contribution in [-0.4, -0.2) is 18.4 Å². The van der Waals surface area contributed by atoms with E-state index in [9.17, 15) is 9.59 Å². The molecule has 3 heteroatoms. The Labute approximate surface area is 219 Å². The summed E-state index contributed by atoms with van der Waals surface area (Å²) in [4.78, 5) is 26.6. The molecular weight excluding hydrogens is 444 g/mol. The van der Waals surface area contributed by atoms with E-state index in [2.05, 4.69) is 60.5 Å². The first kappa shape index (κ1) is 26.1. The van der Waals surface area contributed by atoms with Crippen LogP contribution in [0.5, 0.6) is 0 Å². The van der Waals surface area contributed by atoms with Gasteiger partial charge in [-0.2, -0.15) is 0 Å². The molecule has 0 aromatic heterocycles. The Morgan fingerprint density at radius 3 is 2.44 bits per heavy atom. The molecule has 4 saturated carbocycles. The normalized spacial score (nSPS) is 49.3. The number of ether oxygens (including phenoxy) is 1. The molecule has 0 radical (unpaired) electrons. The molecule has 5 aliphatic rings. The van der Waals surface area contributed by atoms with Crippen LogP contribution >= 0.6 is 0 Å². The molecule has 0 aromatic rings. The maximum atomic E-state index is 13.7. The van der Waals surface area contributed by atoms with Crippen molar-refractivity contribution in [1.29, 1.82) is 0 Å². The van der Waals surface area contributed by atoms with Gasteiger partial charge in [0, 0.05) is 11.8 Å². The molecule has 0 saturated heterocycles. The Kier molecular flexibility index (Phi) is 5.95. The van der Waals surface area contributed by atoms with Gasteiger partial charge in [0.2, 0.25) is 0 Å². The summed E-state index contributed by atoms with van der Waals surface area (Å²) >= 11 is 0. The first-order valence-corrected chi connectivity index (χ1v) is 14.6. The second-order valence-corrected chi connectivity index (χ2v) is 14.7. The van der Waals surface area contributed by atoms with E-state index in [1.54, 1.807) is 5.57 Å². The summed E-state index contributed by atoms with van der Waals surface area (Å²) in [7, 11) is 0. The Bertz CT molecular complexity index is 1030. The molecular formula is C33H48O3. The highest BCUT2D eigenvalue weighted by molar-refractivity contribution is 5.85. The van der Waals surface area contributed by atoms with E-state index in [1.807, 2.05) is 0 Å². The number of hydrogen-bond acceptors (Lipinski definition) is 3. The molecule has 5 rings (SSSR count). The first-order valence-electron chi connectivity index (χ1n) is 14.6. The number of rotatable bonds is 2. The average molecular weight is 493 g/mol. The predicted octanol–water partition coefficient (Wildman–Crippen LogP) is 7.39. The Hall–Kier alpha value is -1.56. The van der Waals surface area contributed by atoms with Crippen LogP contribution in [0.4, 0.5) is 0 Å². The van der Waals surface area contributed by atoms with Crippen LogP contribution in [-0.2, 0) is 14.3 Å². The second-order valence-electron chi connectivity index (χ2n) is 14.7. The van der Waals surface area contributed by atoms with Crippen molar-refractivity contribution in [2.45, 2.75) is 106 Å². The number of esters is 1. The quantitative estimate of drug-likeness (QED) is 0.229. The zero-order valence-corrected chi connectivity index (χ0v) is 23.8. The lowest BCUT2D eigenvalue weighted by molar-refractivity contribution is -0.192. The molecule has 198 valence electrons. The summed E-state index contributed by atoms with van der Waals surface area (Å²) in [6.07, 6.45) is 17.1. The van der Waals surface area contributed by atoms with Crippen molar-refractivity contribution in [2.75, 3.05) is 6.61 Å². The molecule has 4 fully saturated rings. The lowest BCUT2D eigenvalue weighted by Crippen LogP contribution is -2.65. The van der Waals surface area contributed by atoms with Crippen LogP contribution in [0.25, 0.3) is 0 Å². The highest BCUT2D eigenvalue weighted by Crippen LogP contribution is 2.75. The highest BCUT2D eigenvalue weighted by Gasteiger charge is 2.69. The van der Waals surface area contributed by atoms with Gasteiger partial charge in [0.25, 0.3) is 0 Å². The van der Waals surface area contributed by atoms with Gasteiger partial charge in [-0.15, -0.1) is 6.42 Å². The van der Waals surface area contributed by atoms with Crippen LogP contribution in [0.3, 0.4) is 0 Å². The minimum atomic E-state index is -0.433. The fourth-order valence-electron chi connectivity index (χ4n) is 10.9. The molecule has 0 heterocycles. The van der Waals surface area contributed by atoms with Gasteiger partial charge in [-0.05, 0) is 97.2 Å². The summed E-state index contributed by atoms with van der Waals surface area (Å²) in [6.45, 7) is 16.9. The topological polar surface area (TPSA) is 43.4 Å². The van der Waals surface area contributed by atoms with E-state index in [-0.39, 0.29) is 40.2 Å². The number of hydrogen-bond donors (Lipinski definition) is 0. The third-order valence-corrected chi connectivity index (χ3v) is 13.4. The van der Waals surface area contributed by atoms with Gasteiger partial charge in [0.1, 0.15) is 5.78 Å². The molecule has 0 N–H and O–H groups in total. The summed E-state index contributed by atoms with van der Waals surface area (Å²) in [6, 6.07) is 0. The fraction of sp³-hybridized carbons (Fsp3) is 0.818. The lowest BCUT2D eigenvalue weighted by atomic mass is 9.33. The van der Waals surface area contributed by atoms with Crippen molar-refractivity contribution < 1.29 is 14.3 Å². The Morgan fingerprint density at radius 1 is 1.03 bits per heavy atom. The average Bonchev–Trinajstić information content (AvgIpc) is 2.83. The van der Waals surface area contributed by atoms with Gasteiger partial charge >= 0.3 is 5.97 Å². The molecule has 0 amide bonds. The van der Waals surface area contributed by atoms with E-state index in [0.717, 1.165) is 51.4 Å². The standard InChI is InChI=1S/C33H48O3/c1-9-20-36-28(35)33-17-12-21(2)22(3)27(33)23-10-11-25-30(6)15-14-26(34)29(4,5)24(30)13-16-32(25,8)31(23,7)18-19-33/h1,10,21-22,24-25,27H,11-20H2,2-8H3/t21-,22+,24+,25-,27+,30+,31-,32-,33+/m1/s1. The van der Waals surface area contributed by atoms with Gasteiger partial charge in [-0.3, -0.25) is 9.59 Å². The summed E-state index contributed by atoms with van der Waals surface area (Å²) in [5.74, 6) is 5.23. The highest BCUT2D eigenvalue weighted by atomic mass is 16.5. The fourth-order valence-corrected chi connectivity index (χ4v) is 10.9. The predicted molar refractivity (Wildman–Crippen MR) is 144 cm³/mol. The Morgan fingerprint density at radius 2 is 1.75 bits per heavy atom. The van der Waals surface area contributed by atoms with Crippen molar-refractivity contribution in [3.05, 3.63) is 11.6 Å². The molecule has 0 aliphatic heterocycles. The summed E-state index contributed by atoms with van der Waals surface area (Å²) in [5, 5.41) is 0. The largest absolute Gasteiger partial charge is 0.452 e. The van der Waals surface area contributed by atoms with Crippen molar-refractivity contribution in [3.8, 4) is 12.3 Å². The monoisotopic (exact) mass is 492 g/mol. The van der Waals surface area contributed by atoms with Gasteiger partial charge in [0.15, 0.2) is 6.61 Å². The van der Waals surface area contributed by atoms with E-state index < -0.39 is 5.41 Å². The number of allylic oxidation sites excluding steroid dienone is 2. The smallest absolute Gasteiger partial charge is 0.313 e. The van der Waals surface area contributed by atoms with Crippen molar-refractivity contribution in [2.24, 2.45) is 56.7 Å². The Balaban J connectivity index is 1.59.